The largest absolute Gasteiger partial charge is 0.489 e. The predicted octanol–water partition coefficient (Wildman–Crippen LogP) is 3.40. The van der Waals surface area contributed by atoms with Crippen LogP contribution in [0.15, 0.2) is 42.5 Å². The molecule has 1 aliphatic rings. The number of nitrogens with one attached hydrogen (secondary N) is 2. The number of carboxylic acids is 1. The van der Waals surface area contributed by atoms with Gasteiger partial charge in [0.1, 0.15) is 18.2 Å². The molecule has 1 aliphatic heterocycles. The van der Waals surface area contributed by atoms with Crippen LogP contribution in [0.5, 0.6) is 5.75 Å². The molecule has 0 aromatic heterocycles. The van der Waals surface area contributed by atoms with Crippen LogP contribution in [0, 0.1) is 5.82 Å². The normalized spacial score (nSPS) is 15.8. The fourth-order valence-corrected chi connectivity index (χ4v) is 2.80. The molecule has 1 unspecified atom stereocenters. The summed E-state index contributed by atoms with van der Waals surface area (Å²) >= 11 is 0. The number of anilines is 1. The number of aromatic carboxylic acids is 1. The first-order chi connectivity index (χ1) is 13.5. The van der Waals surface area contributed by atoms with Gasteiger partial charge in [-0.25, -0.2) is 14.0 Å². The zero-order chi connectivity index (χ0) is 19.9. The monoisotopic (exact) mass is 388 g/mol. The van der Waals surface area contributed by atoms with Crippen LogP contribution in [0.3, 0.4) is 0 Å². The van der Waals surface area contributed by atoms with Crippen molar-refractivity contribution in [2.75, 3.05) is 18.5 Å². The van der Waals surface area contributed by atoms with Gasteiger partial charge in [0.15, 0.2) is 0 Å². The number of carboxylic acid groups (broad SMARTS) is 1. The van der Waals surface area contributed by atoms with Crippen molar-refractivity contribution in [2.45, 2.75) is 25.5 Å². The van der Waals surface area contributed by atoms with E-state index in [4.69, 9.17) is 14.6 Å². The van der Waals surface area contributed by atoms with Crippen molar-refractivity contribution in [2.24, 2.45) is 0 Å². The van der Waals surface area contributed by atoms with Crippen molar-refractivity contribution in [1.82, 2.24) is 5.32 Å². The minimum Gasteiger partial charge on any atom is -0.489 e. The second-order valence-electron chi connectivity index (χ2n) is 6.40. The molecule has 148 valence electrons. The molecule has 2 amide bonds. The number of carbonyl (C=O) groups is 2. The summed E-state index contributed by atoms with van der Waals surface area (Å²) in [5, 5.41) is 14.1. The van der Waals surface area contributed by atoms with E-state index in [9.17, 15) is 14.0 Å². The first-order valence-corrected chi connectivity index (χ1v) is 8.92. The van der Waals surface area contributed by atoms with E-state index in [1.807, 2.05) is 0 Å². The second-order valence-corrected chi connectivity index (χ2v) is 6.40. The Morgan fingerprint density at radius 1 is 1.21 bits per heavy atom. The highest BCUT2D eigenvalue weighted by Crippen LogP contribution is 2.26. The van der Waals surface area contributed by atoms with E-state index in [1.165, 1.54) is 30.3 Å². The topological polar surface area (TPSA) is 96.9 Å². The van der Waals surface area contributed by atoms with Crippen LogP contribution in [-0.2, 0) is 11.3 Å². The molecule has 28 heavy (non-hydrogen) atoms. The van der Waals surface area contributed by atoms with Crippen LogP contribution in [0.1, 0.15) is 28.8 Å². The predicted molar refractivity (Wildman–Crippen MR) is 100 cm³/mol. The minimum absolute atomic E-state index is 0.000466. The van der Waals surface area contributed by atoms with Gasteiger partial charge in [-0.1, -0.05) is 12.1 Å². The van der Waals surface area contributed by atoms with Gasteiger partial charge < -0.3 is 25.2 Å². The van der Waals surface area contributed by atoms with E-state index >= 15 is 0 Å². The Bertz CT molecular complexity index is 835. The number of ether oxygens (including phenoxy) is 2. The van der Waals surface area contributed by atoms with Crippen molar-refractivity contribution >= 4 is 17.7 Å². The number of rotatable bonds is 7. The molecule has 0 saturated carbocycles. The lowest BCUT2D eigenvalue weighted by atomic mass is 10.1. The summed E-state index contributed by atoms with van der Waals surface area (Å²) in [5.74, 6) is -1.15. The average molecular weight is 388 g/mol. The molecule has 0 spiro atoms. The highest BCUT2D eigenvalue weighted by Gasteiger charge is 2.17. The molecule has 1 fully saturated rings. The summed E-state index contributed by atoms with van der Waals surface area (Å²) in [6, 6.07) is 9.52. The fourth-order valence-electron chi connectivity index (χ4n) is 2.80. The number of amides is 2. The van der Waals surface area contributed by atoms with Crippen LogP contribution in [-0.4, -0.2) is 36.4 Å². The molecule has 2 aromatic carbocycles. The highest BCUT2D eigenvalue weighted by molar-refractivity contribution is 5.91. The third-order valence-corrected chi connectivity index (χ3v) is 4.29. The van der Waals surface area contributed by atoms with Crippen molar-refractivity contribution in [1.29, 1.82) is 0 Å². The Morgan fingerprint density at radius 3 is 2.68 bits per heavy atom. The lowest BCUT2D eigenvalue weighted by molar-refractivity contribution is 0.0681. The van der Waals surface area contributed by atoms with E-state index in [0.29, 0.717) is 19.0 Å². The average Bonchev–Trinajstić information content (AvgIpc) is 3.20. The Labute approximate surface area is 161 Å². The number of urea groups is 1. The Morgan fingerprint density at radius 2 is 2.00 bits per heavy atom. The third kappa shape index (κ3) is 5.43. The molecule has 0 radical (unpaired) electrons. The van der Waals surface area contributed by atoms with Crippen molar-refractivity contribution < 1.29 is 28.6 Å². The minimum atomic E-state index is -1.01. The summed E-state index contributed by atoms with van der Waals surface area (Å²) in [6.45, 7) is 1.23. The lowest BCUT2D eigenvalue weighted by Crippen LogP contribution is -2.28. The Kier molecular flexibility index (Phi) is 6.44. The Hall–Kier alpha value is -3.13. The maximum absolute atomic E-state index is 13.6. The zero-order valence-electron chi connectivity index (χ0n) is 15.1. The van der Waals surface area contributed by atoms with Gasteiger partial charge in [0.25, 0.3) is 0 Å². The van der Waals surface area contributed by atoms with Crippen LogP contribution < -0.4 is 15.4 Å². The van der Waals surface area contributed by atoms with Gasteiger partial charge in [-0.15, -0.1) is 0 Å². The number of halogens is 1. The number of carbonyl (C=O) groups excluding carboxylic acids is 1. The van der Waals surface area contributed by atoms with Crippen LogP contribution in [0.2, 0.25) is 0 Å². The molecule has 3 rings (SSSR count). The van der Waals surface area contributed by atoms with Crippen LogP contribution in [0.4, 0.5) is 14.9 Å². The van der Waals surface area contributed by atoms with Gasteiger partial charge >= 0.3 is 12.0 Å². The van der Waals surface area contributed by atoms with Gasteiger partial charge in [-0.2, -0.15) is 0 Å². The first kappa shape index (κ1) is 19.6. The quantitative estimate of drug-likeness (QED) is 0.675. The summed E-state index contributed by atoms with van der Waals surface area (Å²) in [6.07, 6.45) is 1.89. The highest BCUT2D eigenvalue weighted by atomic mass is 19.1. The Balaban J connectivity index is 1.56. The molecule has 1 heterocycles. The summed E-state index contributed by atoms with van der Waals surface area (Å²) in [5.41, 5.74) is 1.12. The van der Waals surface area contributed by atoms with Crippen molar-refractivity contribution in [3.63, 3.8) is 0 Å². The molecule has 8 heteroatoms. The van der Waals surface area contributed by atoms with Gasteiger partial charge in [-0.05, 0) is 42.7 Å². The second kappa shape index (κ2) is 9.18. The van der Waals surface area contributed by atoms with E-state index in [2.05, 4.69) is 10.6 Å². The SMILES string of the molecule is O=C(NCc1ccc(C(=O)O)cc1)Nc1cc(F)ccc1OCC1CCCO1. The number of benzene rings is 2. The maximum Gasteiger partial charge on any atom is 0.335 e. The molecular formula is C20H21FN2O5. The molecule has 7 nitrogen and oxygen atoms in total. The molecule has 0 aliphatic carbocycles. The third-order valence-electron chi connectivity index (χ3n) is 4.29. The number of hydrogen-bond donors (Lipinski definition) is 3. The lowest BCUT2D eigenvalue weighted by Gasteiger charge is -2.15. The molecule has 1 atom stereocenters. The van der Waals surface area contributed by atoms with Crippen molar-refractivity contribution in [3.05, 3.63) is 59.4 Å². The van der Waals surface area contributed by atoms with Gasteiger partial charge in [0.2, 0.25) is 0 Å². The van der Waals surface area contributed by atoms with E-state index in [0.717, 1.165) is 18.4 Å². The van der Waals surface area contributed by atoms with E-state index in [-0.39, 0.29) is 23.9 Å². The van der Waals surface area contributed by atoms with Gasteiger partial charge in [-0.3, -0.25) is 0 Å². The van der Waals surface area contributed by atoms with Gasteiger partial charge in [0.05, 0.1) is 17.4 Å². The first-order valence-electron chi connectivity index (χ1n) is 8.92. The summed E-state index contributed by atoms with van der Waals surface area (Å²) < 4.78 is 24.8. The van der Waals surface area contributed by atoms with Crippen LogP contribution in [0.25, 0.3) is 0 Å². The molecule has 3 N–H and O–H groups in total. The molecular weight excluding hydrogens is 367 g/mol. The standard InChI is InChI=1S/C20H21FN2O5/c21-15-7-8-18(28-12-16-2-1-9-27-16)17(10-15)23-20(26)22-11-13-3-5-14(6-4-13)19(24)25/h3-8,10,16H,1-2,9,11-12H2,(H,24,25)(H2,22,23,26). The van der Waals surface area contributed by atoms with E-state index < -0.39 is 17.8 Å². The molecule has 2 aromatic rings. The molecule has 0 bridgehead atoms. The number of hydrogen-bond acceptors (Lipinski definition) is 4. The summed E-state index contributed by atoms with van der Waals surface area (Å²) in [4.78, 5) is 23.0. The van der Waals surface area contributed by atoms with Crippen molar-refractivity contribution in [3.8, 4) is 5.75 Å². The van der Waals surface area contributed by atoms with Crippen LogP contribution >= 0.6 is 0 Å². The zero-order valence-corrected chi connectivity index (χ0v) is 15.1. The van der Waals surface area contributed by atoms with Gasteiger partial charge in [0, 0.05) is 19.2 Å². The maximum atomic E-state index is 13.6. The molecule has 1 saturated heterocycles. The van der Waals surface area contributed by atoms with E-state index in [1.54, 1.807) is 12.1 Å². The fraction of sp³-hybridized carbons (Fsp3) is 0.300. The summed E-state index contributed by atoms with van der Waals surface area (Å²) in [7, 11) is 0. The smallest absolute Gasteiger partial charge is 0.335 e.